The summed E-state index contributed by atoms with van der Waals surface area (Å²) in [6.45, 7) is 4.26. The van der Waals surface area contributed by atoms with Crippen molar-refractivity contribution in [3.8, 4) is 5.88 Å². The van der Waals surface area contributed by atoms with Crippen LogP contribution in [0.1, 0.15) is 32.3 Å². The van der Waals surface area contributed by atoms with Crippen molar-refractivity contribution in [1.82, 2.24) is 10.3 Å². The van der Waals surface area contributed by atoms with Crippen molar-refractivity contribution in [2.24, 2.45) is 5.73 Å². The average molecular weight is 251 g/mol. The quantitative estimate of drug-likeness (QED) is 0.797. The normalized spacial score (nSPS) is 11.1. The lowest BCUT2D eigenvalue weighted by molar-refractivity contribution is -0.126. The molecule has 1 amide bonds. The zero-order valence-corrected chi connectivity index (χ0v) is 11.2. The smallest absolute Gasteiger partial charge is 0.240 e. The molecule has 1 aromatic heterocycles. The third kappa shape index (κ3) is 3.43. The van der Waals surface area contributed by atoms with Gasteiger partial charge in [0.25, 0.3) is 0 Å². The Kier molecular flexibility index (Phi) is 5.09. The van der Waals surface area contributed by atoms with E-state index in [1.54, 1.807) is 19.4 Å². The number of hydrogen-bond acceptors (Lipinski definition) is 4. The molecule has 100 valence electrons. The first-order chi connectivity index (χ1) is 8.55. The molecular formula is C13H21N3O2. The van der Waals surface area contributed by atoms with Crippen LogP contribution in [0.25, 0.3) is 0 Å². The maximum absolute atomic E-state index is 12.0. The number of nitrogens with one attached hydrogen (secondary N) is 1. The first kappa shape index (κ1) is 14.4. The molecule has 1 aromatic rings. The predicted octanol–water partition coefficient (Wildman–Crippen LogP) is 1.22. The van der Waals surface area contributed by atoms with Crippen molar-refractivity contribution >= 4 is 5.91 Å². The van der Waals surface area contributed by atoms with Gasteiger partial charge >= 0.3 is 0 Å². The number of carbonyl (C=O) groups excluding carboxylic acids is 1. The molecule has 18 heavy (non-hydrogen) atoms. The number of ether oxygens (including phenoxy) is 1. The van der Waals surface area contributed by atoms with Gasteiger partial charge in [-0.2, -0.15) is 0 Å². The van der Waals surface area contributed by atoms with Crippen LogP contribution >= 0.6 is 0 Å². The van der Waals surface area contributed by atoms with Crippen LogP contribution in [0.5, 0.6) is 5.88 Å². The van der Waals surface area contributed by atoms with Gasteiger partial charge in [-0.3, -0.25) is 4.79 Å². The fourth-order valence-electron chi connectivity index (χ4n) is 1.60. The van der Waals surface area contributed by atoms with Crippen molar-refractivity contribution < 1.29 is 9.53 Å². The number of nitrogens with two attached hydrogens (primary N) is 1. The van der Waals surface area contributed by atoms with Gasteiger partial charge in [0.2, 0.25) is 11.8 Å². The number of pyridine rings is 1. The Labute approximate surface area is 108 Å². The lowest BCUT2D eigenvalue weighted by Gasteiger charge is -2.25. The summed E-state index contributed by atoms with van der Waals surface area (Å²) in [5, 5.41) is 2.85. The number of nitrogens with zero attached hydrogens (tertiary/aromatic N) is 1. The molecule has 0 fully saturated rings. The van der Waals surface area contributed by atoms with Gasteiger partial charge in [-0.15, -0.1) is 0 Å². The highest BCUT2D eigenvalue weighted by Gasteiger charge is 2.29. The summed E-state index contributed by atoms with van der Waals surface area (Å²) in [5.74, 6) is 0.412. The van der Waals surface area contributed by atoms with Crippen LogP contribution < -0.4 is 15.8 Å². The highest BCUT2D eigenvalue weighted by atomic mass is 16.5. The zero-order valence-electron chi connectivity index (χ0n) is 11.2. The third-order valence-corrected chi connectivity index (χ3v) is 3.18. The van der Waals surface area contributed by atoms with E-state index in [4.69, 9.17) is 10.5 Å². The number of methoxy groups -OCH3 is 1. The van der Waals surface area contributed by atoms with Crippen LogP contribution in [0.2, 0.25) is 0 Å². The van der Waals surface area contributed by atoms with Gasteiger partial charge < -0.3 is 15.8 Å². The summed E-state index contributed by atoms with van der Waals surface area (Å²) in [6.07, 6.45) is 2.89. The monoisotopic (exact) mass is 251 g/mol. The fourth-order valence-corrected chi connectivity index (χ4v) is 1.60. The fraction of sp³-hybridized carbons (Fsp3) is 0.538. The highest BCUT2D eigenvalue weighted by molar-refractivity contribution is 5.85. The molecule has 0 aromatic carbocycles. The van der Waals surface area contributed by atoms with Gasteiger partial charge in [0.05, 0.1) is 12.6 Å². The largest absolute Gasteiger partial charge is 0.481 e. The summed E-state index contributed by atoms with van der Waals surface area (Å²) >= 11 is 0. The van der Waals surface area contributed by atoms with E-state index >= 15 is 0 Å². The van der Waals surface area contributed by atoms with Crippen LogP contribution in [0.3, 0.4) is 0 Å². The Hall–Kier alpha value is -1.62. The summed E-state index contributed by atoms with van der Waals surface area (Å²) < 4.78 is 5.02. The first-order valence-corrected chi connectivity index (χ1v) is 6.11. The standard InChI is InChI=1S/C13H21N3O2/c1-4-13(14,5-2)12(17)16-9-10-6-7-15-11(8-10)18-3/h6-8H,4-5,9,14H2,1-3H3,(H,16,17). The third-order valence-electron chi connectivity index (χ3n) is 3.18. The highest BCUT2D eigenvalue weighted by Crippen LogP contribution is 2.12. The minimum absolute atomic E-state index is 0.122. The van der Waals surface area contributed by atoms with Gasteiger partial charge in [-0.05, 0) is 24.5 Å². The predicted molar refractivity (Wildman–Crippen MR) is 70.1 cm³/mol. The van der Waals surface area contributed by atoms with Crippen LogP contribution in [0.4, 0.5) is 0 Å². The molecular weight excluding hydrogens is 230 g/mol. The molecule has 3 N–H and O–H groups in total. The summed E-state index contributed by atoms with van der Waals surface area (Å²) in [4.78, 5) is 16.0. The molecule has 1 heterocycles. The van der Waals surface area contributed by atoms with Crippen LogP contribution in [-0.2, 0) is 11.3 Å². The summed E-state index contributed by atoms with van der Waals surface area (Å²) in [6, 6.07) is 3.62. The molecule has 5 nitrogen and oxygen atoms in total. The number of rotatable bonds is 6. The Morgan fingerprint density at radius 1 is 1.50 bits per heavy atom. The summed E-state index contributed by atoms with van der Waals surface area (Å²) in [7, 11) is 1.56. The van der Waals surface area contributed by atoms with E-state index in [0.29, 0.717) is 25.3 Å². The second-order valence-electron chi connectivity index (χ2n) is 4.25. The van der Waals surface area contributed by atoms with Crippen LogP contribution in [0, 0.1) is 0 Å². The Morgan fingerprint density at radius 2 is 2.17 bits per heavy atom. The maximum atomic E-state index is 12.0. The topological polar surface area (TPSA) is 77.2 Å². The van der Waals surface area contributed by atoms with Crippen molar-refractivity contribution in [3.05, 3.63) is 23.9 Å². The molecule has 0 aliphatic rings. The molecule has 0 bridgehead atoms. The van der Waals surface area contributed by atoms with E-state index in [-0.39, 0.29) is 5.91 Å². The molecule has 0 aliphatic carbocycles. The van der Waals surface area contributed by atoms with E-state index in [2.05, 4.69) is 10.3 Å². The van der Waals surface area contributed by atoms with Crippen LogP contribution in [0.15, 0.2) is 18.3 Å². The Balaban J connectivity index is 2.62. The van der Waals surface area contributed by atoms with E-state index in [1.165, 1.54) is 0 Å². The number of hydrogen-bond donors (Lipinski definition) is 2. The Bertz CT molecular complexity index is 403. The molecule has 0 spiro atoms. The first-order valence-electron chi connectivity index (χ1n) is 6.11. The van der Waals surface area contributed by atoms with Gasteiger partial charge in [-0.25, -0.2) is 4.98 Å². The second-order valence-corrected chi connectivity index (χ2v) is 4.25. The van der Waals surface area contributed by atoms with Crippen molar-refractivity contribution in [2.45, 2.75) is 38.8 Å². The molecule has 0 atom stereocenters. The number of carbonyl (C=O) groups is 1. The maximum Gasteiger partial charge on any atom is 0.240 e. The van der Waals surface area contributed by atoms with Crippen molar-refractivity contribution in [1.29, 1.82) is 0 Å². The SMILES string of the molecule is CCC(N)(CC)C(=O)NCc1ccnc(OC)c1. The zero-order chi connectivity index (χ0) is 13.6. The van der Waals surface area contributed by atoms with E-state index in [0.717, 1.165) is 5.56 Å². The Morgan fingerprint density at radius 3 is 2.72 bits per heavy atom. The van der Waals surface area contributed by atoms with Gasteiger partial charge in [0.1, 0.15) is 0 Å². The van der Waals surface area contributed by atoms with Crippen molar-refractivity contribution in [2.75, 3.05) is 7.11 Å². The molecule has 1 rings (SSSR count). The van der Waals surface area contributed by atoms with E-state index in [9.17, 15) is 4.79 Å². The van der Waals surface area contributed by atoms with Crippen molar-refractivity contribution in [3.63, 3.8) is 0 Å². The second kappa shape index (κ2) is 6.35. The molecule has 0 saturated carbocycles. The van der Waals surface area contributed by atoms with E-state index in [1.807, 2.05) is 19.9 Å². The van der Waals surface area contributed by atoms with Crippen LogP contribution in [-0.4, -0.2) is 23.5 Å². The molecule has 0 unspecified atom stereocenters. The number of aromatic nitrogens is 1. The number of amides is 1. The lowest BCUT2D eigenvalue weighted by atomic mass is 9.93. The average Bonchev–Trinajstić information content (AvgIpc) is 2.43. The minimum atomic E-state index is -0.781. The minimum Gasteiger partial charge on any atom is -0.481 e. The van der Waals surface area contributed by atoms with Gasteiger partial charge in [0, 0.05) is 18.8 Å². The molecule has 0 aliphatic heterocycles. The van der Waals surface area contributed by atoms with Gasteiger partial charge in [0.15, 0.2) is 0 Å². The molecule has 5 heteroatoms. The summed E-state index contributed by atoms with van der Waals surface area (Å²) in [5.41, 5.74) is 6.17. The van der Waals surface area contributed by atoms with E-state index < -0.39 is 5.54 Å². The van der Waals surface area contributed by atoms with Gasteiger partial charge in [-0.1, -0.05) is 13.8 Å². The molecule has 0 saturated heterocycles. The molecule has 0 radical (unpaired) electrons. The lowest BCUT2D eigenvalue weighted by Crippen LogP contribution is -2.52.